The van der Waals surface area contributed by atoms with Gasteiger partial charge in [-0.2, -0.15) is 5.10 Å². The van der Waals surface area contributed by atoms with Gasteiger partial charge in [-0.3, -0.25) is 5.43 Å². The molecule has 0 radical (unpaired) electrons. The number of para-hydroxylation sites is 1. The maximum Gasteiger partial charge on any atom is 0.200 e. The molecule has 0 aliphatic heterocycles. The Balaban J connectivity index is 2.42. The van der Waals surface area contributed by atoms with Crippen LogP contribution in [0, 0.1) is 29.1 Å². The normalized spacial score (nSPS) is 11.6. The average Bonchev–Trinajstić information content (AvgIpc) is 2.50. The summed E-state index contributed by atoms with van der Waals surface area (Å²) in [5.41, 5.74) is 1.46. The van der Waals surface area contributed by atoms with Gasteiger partial charge in [0.05, 0.1) is 11.3 Å². The first-order chi connectivity index (χ1) is 9.93. The van der Waals surface area contributed by atoms with E-state index in [0.29, 0.717) is 5.69 Å². The monoisotopic (exact) mass is 320 g/mol. The van der Waals surface area contributed by atoms with E-state index in [9.17, 15) is 22.0 Å². The van der Waals surface area contributed by atoms with Gasteiger partial charge in [0.25, 0.3) is 0 Å². The van der Waals surface area contributed by atoms with Gasteiger partial charge in [0.15, 0.2) is 28.4 Å². The topological polar surface area (TPSA) is 24.4 Å². The average molecular weight is 321 g/mol. The maximum atomic E-state index is 13.5. The molecule has 2 aromatic rings. The third-order valence-corrected chi connectivity index (χ3v) is 2.75. The van der Waals surface area contributed by atoms with Crippen molar-refractivity contribution >= 4 is 22.5 Å². The third kappa shape index (κ3) is 2.97. The highest BCUT2D eigenvalue weighted by atomic mass is 35.5. The summed E-state index contributed by atoms with van der Waals surface area (Å²) in [6.45, 7) is 0. The highest BCUT2D eigenvalue weighted by molar-refractivity contribution is 6.69. The van der Waals surface area contributed by atoms with Gasteiger partial charge in [-0.15, -0.1) is 0 Å². The summed E-state index contributed by atoms with van der Waals surface area (Å²) < 4.78 is 65.9. The fourth-order valence-corrected chi connectivity index (χ4v) is 1.68. The van der Waals surface area contributed by atoms with E-state index in [1.54, 1.807) is 30.3 Å². The number of hydrogen-bond acceptors (Lipinski definition) is 2. The van der Waals surface area contributed by atoms with Crippen LogP contribution >= 0.6 is 11.6 Å². The van der Waals surface area contributed by atoms with Crippen LogP contribution in [0.15, 0.2) is 35.4 Å². The minimum Gasteiger partial charge on any atom is -0.277 e. The molecule has 0 saturated heterocycles. The van der Waals surface area contributed by atoms with Gasteiger partial charge in [-0.05, 0) is 12.1 Å². The van der Waals surface area contributed by atoms with Gasteiger partial charge >= 0.3 is 0 Å². The van der Waals surface area contributed by atoms with Crippen LogP contribution in [0.4, 0.5) is 27.6 Å². The van der Waals surface area contributed by atoms with Crippen LogP contribution in [-0.2, 0) is 0 Å². The molecule has 2 nitrogen and oxygen atoms in total. The zero-order valence-corrected chi connectivity index (χ0v) is 10.9. The van der Waals surface area contributed by atoms with Crippen molar-refractivity contribution in [3.63, 3.8) is 0 Å². The second-order valence-corrected chi connectivity index (χ2v) is 4.18. The molecular weight excluding hydrogens is 315 g/mol. The fourth-order valence-electron chi connectivity index (χ4n) is 1.47. The van der Waals surface area contributed by atoms with Crippen molar-refractivity contribution in [3.8, 4) is 0 Å². The number of hydrogen-bond donors (Lipinski definition) is 1. The van der Waals surface area contributed by atoms with E-state index in [1.807, 2.05) is 0 Å². The standard InChI is InChI=1S/C13H6ClF5N2/c14-13(21-20-6-4-2-1-3-5-6)7-8(15)10(17)12(19)11(18)9(7)16/h1-5,20H/b21-13-. The predicted molar refractivity (Wildman–Crippen MR) is 68.7 cm³/mol. The van der Waals surface area contributed by atoms with Crippen LogP contribution in [0.3, 0.4) is 0 Å². The SMILES string of the molecule is Fc1c(F)c(F)c(/C(Cl)=N/Nc2ccccc2)c(F)c1F. The van der Waals surface area contributed by atoms with Crippen LogP contribution in [0.1, 0.15) is 5.56 Å². The quantitative estimate of drug-likeness (QED) is 0.293. The van der Waals surface area contributed by atoms with E-state index in [0.717, 1.165) is 0 Å². The molecule has 0 spiro atoms. The van der Waals surface area contributed by atoms with Crippen molar-refractivity contribution in [2.24, 2.45) is 5.10 Å². The molecule has 0 fully saturated rings. The zero-order valence-electron chi connectivity index (χ0n) is 10.1. The number of benzene rings is 2. The van der Waals surface area contributed by atoms with Gasteiger partial charge in [0, 0.05) is 0 Å². The summed E-state index contributed by atoms with van der Waals surface area (Å²) in [5, 5.41) is 2.50. The molecule has 0 aliphatic rings. The number of hydrazone groups is 1. The molecule has 0 saturated carbocycles. The molecular formula is C13H6ClF5N2. The molecule has 0 aromatic heterocycles. The lowest BCUT2D eigenvalue weighted by Crippen LogP contribution is -2.11. The Kier molecular flexibility index (Phi) is 4.42. The Morgan fingerprint density at radius 3 is 1.81 bits per heavy atom. The van der Waals surface area contributed by atoms with Gasteiger partial charge in [0.1, 0.15) is 0 Å². The molecule has 0 amide bonds. The lowest BCUT2D eigenvalue weighted by Gasteiger charge is -2.07. The highest BCUT2D eigenvalue weighted by Crippen LogP contribution is 2.24. The number of nitrogens with one attached hydrogen (secondary N) is 1. The predicted octanol–water partition coefficient (Wildman–Crippen LogP) is 4.39. The lowest BCUT2D eigenvalue weighted by atomic mass is 10.2. The Hall–Kier alpha value is -2.15. The summed E-state index contributed by atoms with van der Waals surface area (Å²) in [7, 11) is 0. The maximum absolute atomic E-state index is 13.5. The number of nitrogens with zero attached hydrogens (tertiary/aromatic N) is 1. The summed E-state index contributed by atoms with van der Waals surface area (Å²) in [5.74, 6) is -10.5. The molecule has 21 heavy (non-hydrogen) atoms. The van der Waals surface area contributed by atoms with E-state index in [1.165, 1.54) is 0 Å². The van der Waals surface area contributed by atoms with E-state index in [4.69, 9.17) is 11.6 Å². The van der Waals surface area contributed by atoms with Crippen molar-refractivity contribution in [1.82, 2.24) is 0 Å². The van der Waals surface area contributed by atoms with Gasteiger partial charge < -0.3 is 0 Å². The number of anilines is 1. The van der Waals surface area contributed by atoms with E-state index < -0.39 is 39.8 Å². The zero-order chi connectivity index (χ0) is 15.6. The Labute approximate surface area is 120 Å². The summed E-state index contributed by atoms with van der Waals surface area (Å²) >= 11 is 5.51. The summed E-state index contributed by atoms with van der Waals surface area (Å²) in [6, 6.07) is 8.12. The molecule has 0 aliphatic carbocycles. The Morgan fingerprint density at radius 1 is 0.810 bits per heavy atom. The second kappa shape index (κ2) is 6.09. The second-order valence-electron chi connectivity index (χ2n) is 3.83. The van der Waals surface area contributed by atoms with Gasteiger partial charge in [-0.25, -0.2) is 22.0 Å². The first kappa shape index (κ1) is 15.2. The van der Waals surface area contributed by atoms with E-state index in [2.05, 4.69) is 10.5 Å². The molecule has 0 heterocycles. The van der Waals surface area contributed by atoms with Crippen molar-refractivity contribution in [1.29, 1.82) is 0 Å². The summed E-state index contributed by atoms with van der Waals surface area (Å²) in [4.78, 5) is 0. The molecule has 0 atom stereocenters. The highest BCUT2D eigenvalue weighted by Gasteiger charge is 2.28. The first-order valence-corrected chi connectivity index (χ1v) is 5.87. The summed E-state index contributed by atoms with van der Waals surface area (Å²) in [6.07, 6.45) is 0. The molecule has 2 rings (SSSR count). The van der Waals surface area contributed by atoms with E-state index in [-0.39, 0.29) is 0 Å². The third-order valence-electron chi connectivity index (χ3n) is 2.47. The Bertz CT molecular complexity index is 674. The fraction of sp³-hybridized carbons (Fsp3) is 0. The van der Waals surface area contributed by atoms with Crippen LogP contribution in [0.5, 0.6) is 0 Å². The van der Waals surface area contributed by atoms with Crippen molar-refractivity contribution in [3.05, 3.63) is 65.0 Å². The molecule has 110 valence electrons. The Morgan fingerprint density at radius 2 is 1.29 bits per heavy atom. The smallest absolute Gasteiger partial charge is 0.200 e. The minimum absolute atomic E-state index is 0.416. The van der Waals surface area contributed by atoms with Crippen LogP contribution in [0.2, 0.25) is 0 Å². The minimum atomic E-state index is -2.26. The molecule has 0 bridgehead atoms. The van der Waals surface area contributed by atoms with Crippen LogP contribution in [-0.4, -0.2) is 5.17 Å². The number of halogens is 6. The number of rotatable bonds is 3. The van der Waals surface area contributed by atoms with E-state index >= 15 is 0 Å². The van der Waals surface area contributed by atoms with Crippen LogP contribution < -0.4 is 5.43 Å². The van der Waals surface area contributed by atoms with Crippen LogP contribution in [0.25, 0.3) is 0 Å². The molecule has 8 heteroatoms. The van der Waals surface area contributed by atoms with Crippen molar-refractivity contribution < 1.29 is 22.0 Å². The molecule has 1 N–H and O–H groups in total. The van der Waals surface area contributed by atoms with Crippen molar-refractivity contribution in [2.45, 2.75) is 0 Å². The van der Waals surface area contributed by atoms with Gasteiger partial charge in [0.2, 0.25) is 5.82 Å². The molecule has 0 unspecified atom stereocenters. The molecule has 2 aromatic carbocycles. The largest absolute Gasteiger partial charge is 0.277 e. The van der Waals surface area contributed by atoms with Crippen molar-refractivity contribution in [2.75, 3.05) is 5.43 Å². The van der Waals surface area contributed by atoms with Gasteiger partial charge in [-0.1, -0.05) is 29.8 Å². The lowest BCUT2D eigenvalue weighted by molar-refractivity contribution is 0.377. The first-order valence-electron chi connectivity index (χ1n) is 5.49.